The van der Waals surface area contributed by atoms with Gasteiger partial charge < -0.3 is 15.6 Å². The minimum Gasteiger partial charge on any atom is -0.507 e. The van der Waals surface area contributed by atoms with Gasteiger partial charge in [0.15, 0.2) is 0 Å². The van der Waals surface area contributed by atoms with Crippen LogP contribution in [0.15, 0.2) is 42.5 Å². The molecule has 0 saturated heterocycles. The van der Waals surface area contributed by atoms with Gasteiger partial charge in [0.05, 0.1) is 0 Å². The molecule has 2 aromatic rings. The van der Waals surface area contributed by atoms with E-state index in [1.54, 1.807) is 18.2 Å². The minimum atomic E-state index is -0.634. The van der Waals surface area contributed by atoms with Gasteiger partial charge in [-0.05, 0) is 42.8 Å². The summed E-state index contributed by atoms with van der Waals surface area (Å²) >= 11 is 0. The van der Waals surface area contributed by atoms with Crippen molar-refractivity contribution in [2.24, 2.45) is 0 Å². The van der Waals surface area contributed by atoms with Crippen LogP contribution in [0.1, 0.15) is 15.9 Å². The van der Waals surface area contributed by atoms with Crippen LogP contribution in [-0.4, -0.2) is 11.1 Å². The molecule has 0 aliphatic carbocycles. The van der Waals surface area contributed by atoms with Crippen molar-refractivity contribution < 1.29 is 14.6 Å². The molecule has 2 aromatic carbocycles. The first-order valence-corrected chi connectivity index (χ1v) is 5.43. The maximum atomic E-state index is 11.9. The highest BCUT2D eigenvalue weighted by atomic mass is 16.5. The summed E-state index contributed by atoms with van der Waals surface area (Å²) < 4.78 is 5.16. The number of esters is 1. The minimum absolute atomic E-state index is 0.0523. The molecule has 4 heteroatoms. The van der Waals surface area contributed by atoms with E-state index < -0.39 is 5.97 Å². The third-order valence-electron chi connectivity index (χ3n) is 2.44. The van der Waals surface area contributed by atoms with E-state index in [1.165, 1.54) is 18.2 Å². The molecule has 0 saturated carbocycles. The van der Waals surface area contributed by atoms with Crippen LogP contribution in [0.3, 0.4) is 0 Å². The molecule has 4 nitrogen and oxygen atoms in total. The molecule has 0 radical (unpaired) electrons. The molecule has 0 bridgehead atoms. The Morgan fingerprint density at radius 3 is 2.72 bits per heavy atom. The molecule has 0 aromatic heterocycles. The Hall–Kier alpha value is -2.49. The topological polar surface area (TPSA) is 72.5 Å². The first-order valence-electron chi connectivity index (χ1n) is 5.43. The van der Waals surface area contributed by atoms with Crippen molar-refractivity contribution in [1.82, 2.24) is 0 Å². The van der Waals surface area contributed by atoms with Gasteiger partial charge in [0.2, 0.25) is 0 Å². The van der Waals surface area contributed by atoms with Gasteiger partial charge in [0, 0.05) is 5.69 Å². The van der Waals surface area contributed by atoms with E-state index >= 15 is 0 Å². The highest BCUT2D eigenvalue weighted by molar-refractivity contribution is 5.94. The molecule has 0 spiro atoms. The van der Waals surface area contributed by atoms with Gasteiger partial charge in [-0.3, -0.25) is 0 Å². The first-order chi connectivity index (χ1) is 8.56. The van der Waals surface area contributed by atoms with Gasteiger partial charge in [0.25, 0.3) is 0 Å². The van der Waals surface area contributed by atoms with E-state index in [9.17, 15) is 9.90 Å². The van der Waals surface area contributed by atoms with Crippen LogP contribution >= 0.6 is 0 Å². The van der Waals surface area contributed by atoms with Gasteiger partial charge in [-0.2, -0.15) is 0 Å². The summed E-state index contributed by atoms with van der Waals surface area (Å²) in [6, 6.07) is 11.4. The summed E-state index contributed by atoms with van der Waals surface area (Å²) in [6.45, 7) is 1.90. The quantitative estimate of drug-likeness (QED) is 0.368. The number of carbonyl (C=O) groups is 1. The number of nitrogen functional groups attached to an aromatic ring is 1. The van der Waals surface area contributed by atoms with E-state index in [2.05, 4.69) is 0 Å². The summed E-state index contributed by atoms with van der Waals surface area (Å²) in [6.07, 6.45) is 0. The van der Waals surface area contributed by atoms with Crippen LogP contribution in [0, 0.1) is 6.92 Å². The molecule has 0 atom stereocenters. The Labute approximate surface area is 105 Å². The molecule has 0 unspecified atom stereocenters. The van der Waals surface area contributed by atoms with E-state index in [1.807, 2.05) is 13.0 Å². The maximum Gasteiger partial charge on any atom is 0.347 e. The zero-order valence-corrected chi connectivity index (χ0v) is 9.88. The highest BCUT2D eigenvalue weighted by Gasteiger charge is 2.13. The van der Waals surface area contributed by atoms with Crippen LogP contribution < -0.4 is 10.5 Å². The second-order valence-electron chi connectivity index (χ2n) is 3.98. The van der Waals surface area contributed by atoms with Gasteiger partial charge in [-0.1, -0.05) is 12.1 Å². The SMILES string of the molecule is Cc1cccc(OC(=O)c2cc(N)ccc2O)c1. The number of phenolic OH excluding ortho intramolecular Hbond substituents is 1. The number of anilines is 1. The van der Waals surface area contributed by atoms with Crippen LogP contribution in [0.5, 0.6) is 11.5 Å². The summed E-state index contributed by atoms with van der Waals surface area (Å²) in [4.78, 5) is 11.9. The van der Waals surface area contributed by atoms with Crippen LogP contribution in [0.25, 0.3) is 0 Å². The molecule has 3 N–H and O–H groups in total. The number of carbonyl (C=O) groups excluding carboxylic acids is 1. The average Bonchev–Trinajstić information content (AvgIpc) is 2.32. The molecular weight excluding hydrogens is 230 g/mol. The van der Waals surface area contributed by atoms with Crippen molar-refractivity contribution >= 4 is 11.7 Å². The lowest BCUT2D eigenvalue weighted by Gasteiger charge is -2.07. The Bertz CT molecular complexity index is 593. The van der Waals surface area contributed by atoms with E-state index in [0.29, 0.717) is 11.4 Å². The van der Waals surface area contributed by atoms with Crippen molar-refractivity contribution in [3.63, 3.8) is 0 Å². The molecule has 0 heterocycles. The van der Waals surface area contributed by atoms with Crippen molar-refractivity contribution in [2.75, 3.05) is 5.73 Å². The number of nitrogens with two attached hydrogens (primary N) is 1. The number of hydrogen-bond donors (Lipinski definition) is 2. The van der Waals surface area contributed by atoms with Crippen molar-refractivity contribution in [3.05, 3.63) is 53.6 Å². The van der Waals surface area contributed by atoms with Crippen LogP contribution in [0.2, 0.25) is 0 Å². The third-order valence-corrected chi connectivity index (χ3v) is 2.44. The number of ether oxygens (including phenoxy) is 1. The molecular formula is C14H13NO3. The van der Waals surface area contributed by atoms with Crippen LogP contribution in [0.4, 0.5) is 5.69 Å². The fourth-order valence-electron chi connectivity index (χ4n) is 1.56. The number of aryl methyl sites for hydroxylation is 1. The summed E-state index contributed by atoms with van der Waals surface area (Å²) in [5, 5.41) is 9.58. The molecule has 18 heavy (non-hydrogen) atoms. The molecule has 0 aliphatic heterocycles. The Balaban J connectivity index is 2.24. The number of rotatable bonds is 2. The second kappa shape index (κ2) is 4.79. The van der Waals surface area contributed by atoms with E-state index in [4.69, 9.17) is 10.5 Å². The van der Waals surface area contributed by atoms with Gasteiger partial charge in [-0.25, -0.2) is 4.79 Å². The highest BCUT2D eigenvalue weighted by Crippen LogP contribution is 2.22. The Kier molecular flexibility index (Phi) is 3.19. The number of benzene rings is 2. The smallest absolute Gasteiger partial charge is 0.347 e. The van der Waals surface area contributed by atoms with Gasteiger partial charge in [-0.15, -0.1) is 0 Å². The lowest BCUT2D eigenvalue weighted by atomic mass is 10.2. The predicted octanol–water partition coefficient (Wildman–Crippen LogP) is 2.50. The van der Waals surface area contributed by atoms with Gasteiger partial charge >= 0.3 is 5.97 Å². The van der Waals surface area contributed by atoms with Crippen molar-refractivity contribution in [3.8, 4) is 11.5 Å². The molecule has 2 rings (SSSR count). The molecule has 0 fully saturated rings. The van der Waals surface area contributed by atoms with Crippen molar-refractivity contribution in [1.29, 1.82) is 0 Å². The second-order valence-corrected chi connectivity index (χ2v) is 3.98. The third kappa shape index (κ3) is 2.60. The number of phenols is 1. The fraction of sp³-hybridized carbons (Fsp3) is 0.0714. The van der Waals surface area contributed by atoms with E-state index in [-0.39, 0.29) is 11.3 Å². The Morgan fingerprint density at radius 1 is 1.22 bits per heavy atom. The van der Waals surface area contributed by atoms with Crippen molar-refractivity contribution in [2.45, 2.75) is 6.92 Å². The monoisotopic (exact) mass is 243 g/mol. The summed E-state index contributed by atoms with van der Waals surface area (Å²) in [5.41, 5.74) is 6.99. The maximum absolute atomic E-state index is 11.9. The zero-order chi connectivity index (χ0) is 13.1. The Morgan fingerprint density at radius 2 is 2.00 bits per heavy atom. The largest absolute Gasteiger partial charge is 0.507 e. The lowest BCUT2D eigenvalue weighted by molar-refractivity contribution is 0.0731. The molecule has 0 amide bonds. The molecule has 92 valence electrons. The standard InChI is InChI=1S/C14H13NO3/c1-9-3-2-4-11(7-9)18-14(17)12-8-10(15)5-6-13(12)16/h2-8,16H,15H2,1H3. The predicted molar refractivity (Wildman–Crippen MR) is 68.7 cm³/mol. The van der Waals surface area contributed by atoms with Crippen LogP contribution in [-0.2, 0) is 0 Å². The molecule has 0 aliphatic rings. The van der Waals surface area contributed by atoms with E-state index in [0.717, 1.165) is 5.56 Å². The van der Waals surface area contributed by atoms with Gasteiger partial charge in [0.1, 0.15) is 17.1 Å². The fourth-order valence-corrected chi connectivity index (χ4v) is 1.56. The number of aromatic hydroxyl groups is 1. The number of hydrogen-bond acceptors (Lipinski definition) is 4. The summed E-state index contributed by atoms with van der Waals surface area (Å²) in [5.74, 6) is -0.353. The zero-order valence-electron chi connectivity index (χ0n) is 9.88. The first kappa shape index (κ1) is 12.0. The normalized spacial score (nSPS) is 10.1. The average molecular weight is 243 g/mol. The summed E-state index contributed by atoms with van der Waals surface area (Å²) in [7, 11) is 0. The lowest BCUT2D eigenvalue weighted by Crippen LogP contribution is -2.09.